The van der Waals surface area contributed by atoms with Crippen LogP contribution in [0.5, 0.6) is 0 Å². The Hall–Kier alpha value is -1.57. The van der Waals surface area contributed by atoms with E-state index in [-0.39, 0.29) is 0 Å². The summed E-state index contributed by atoms with van der Waals surface area (Å²) in [6.07, 6.45) is 9.41. The summed E-state index contributed by atoms with van der Waals surface area (Å²) in [6, 6.07) is 11.3. The highest BCUT2D eigenvalue weighted by atomic mass is 15.1. The monoisotopic (exact) mass is 242 g/mol. The Bertz CT molecular complexity index is 433. The van der Waals surface area contributed by atoms with Gasteiger partial charge in [0.2, 0.25) is 0 Å². The van der Waals surface area contributed by atoms with Crippen molar-refractivity contribution >= 4 is 0 Å². The summed E-state index contributed by atoms with van der Waals surface area (Å²) in [7, 11) is 0. The van der Waals surface area contributed by atoms with Gasteiger partial charge in [-0.15, -0.1) is 0 Å². The second kappa shape index (κ2) is 6.39. The van der Waals surface area contributed by atoms with E-state index in [1.807, 2.05) is 12.5 Å². The molecule has 2 aromatic rings. The molecule has 0 saturated carbocycles. The standard InChI is InChI=1S/C16H22N2/c1-3-15(12-14-8-6-5-7-9-14)16(4-2)18-11-10-17-13-18/h5-11,13,15-16H,3-4,12H2,1-2H3. The van der Waals surface area contributed by atoms with E-state index < -0.39 is 0 Å². The lowest BCUT2D eigenvalue weighted by Crippen LogP contribution is -2.19. The first-order chi connectivity index (χ1) is 8.85. The van der Waals surface area contributed by atoms with Crippen molar-refractivity contribution < 1.29 is 0 Å². The van der Waals surface area contributed by atoms with Gasteiger partial charge < -0.3 is 4.57 Å². The van der Waals surface area contributed by atoms with Crippen molar-refractivity contribution in [2.24, 2.45) is 5.92 Å². The van der Waals surface area contributed by atoms with Crippen LogP contribution in [0.4, 0.5) is 0 Å². The summed E-state index contributed by atoms with van der Waals surface area (Å²) in [5.41, 5.74) is 1.43. The number of rotatable bonds is 6. The molecule has 0 N–H and O–H groups in total. The van der Waals surface area contributed by atoms with Crippen molar-refractivity contribution in [2.45, 2.75) is 39.2 Å². The Morgan fingerprint density at radius 2 is 1.89 bits per heavy atom. The molecule has 0 radical (unpaired) electrons. The first-order valence-electron chi connectivity index (χ1n) is 6.86. The van der Waals surface area contributed by atoms with Crippen molar-refractivity contribution in [2.75, 3.05) is 0 Å². The van der Waals surface area contributed by atoms with Crippen LogP contribution in [0.1, 0.15) is 38.3 Å². The van der Waals surface area contributed by atoms with Crippen LogP contribution in [-0.4, -0.2) is 9.55 Å². The van der Waals surface area contributed by atoms with Crippen LogP contribution in [0.15, 0.2) is 49.1 Å². The minimum absolute atomic E-state index is 0.553. The van der Waals surface area contributed by atoms with Gasteiger partial charge in [-0.3, -0.25) is 0 Å². The summed E-state index contributed by atoms with van der Waals surface area (Å²) in [4.78, 5) is 4.18. The molecule has 0 aliphatic carbocycles. The van der Waals surface area contributed by atoms with E-state index in [4.69, 9.17) is 0 Å². The third-order valence-corrected chi connectivity index (χ3v) is 3.74. The van der Waals surface area contributed by atoms with Gasteiger partial charge >= 0.3 is 0 Å². The van der Waals surface area contributed by atoms with Gasteiger partial charge in [0.25, 0.3) is 0 Å². The van der Waals surface area contributed by atoms with Gasteiger partial charge in [-0.25, -0.2) is 4.98 Å². The average molecular weight is 242 g/mol. The minimum atomic E-state index is 0.553. The third-order valence-electron chi connectivity index (χ3n) is 3.74. The zero-order chi connectivity index (χ0) is 12.8. The lowest BCUT2D eigenvalue weighted by atomic mass is 9.88. The van der Waals surface area contributed by atoms with Crippen LogP contribution >= 0.6 is 0 Å². The SMILES string of the molecule is CCC(Cc1ccccc1)C(CC)n1ccnc1. The van der Waals surface area contributed by atoms with E-state index in [2.05, 4.69) is 59.9 Å². The predicted molar refractivity (Wildman–Crippen MR) is 75.5 cm³/mol. The molecular formula is C16H22N2. The molecule has 0 amide bonds. The summed E-state index contributed by atoms with van der Waals surface area (Å²) in [5.74, 6) is 0.673. The molecule has 0 aliphatic rings. The number of hydrogen-bond donors (Lipinski definition) is 0. The van der Waals surface area contributed by atoms with Gasteiger partial charge in [-0.1, -0.05) is 50.6 Å². The van der Waals surface area contributed by atoms with Crippen molar-refractivity contribution in [3.63, 3.8) is 0 Å². The first-order valence-corrected chi connectivity index (χ1v) is 6.86. The molecule has 1 aromatic heterocycles. The zero-order valence-electron chi connectivity index (χ0n) is 11.3. The van der Waals surface area contributed by atoms with E-state index in [0.717, 1.165) is 12.8 Å². The lowest BCUT2D eigenvalue weighted by Gasteiger charge is -2.26. The zero-order valence-corrected chi connectivity index (χ0v) is 11.3. The number of benzene rings is 1. The molecule has 1 aromatic carbocycles. The maximum absolute atomic E-state index is 4.18. The van der Waals surface area contributed by atoms with Gasteiger partial charge in [-0.05, 0) is 24.3 Å². The predicted octanol–water partition coefficient (Wildman–Crippen LogP) is 4.10. The normalized spacial score (nSPS) is 14.3. The van der Waals surface area contributed by atoms with E-state index in [0.29, 0.717) is 12.0 Å². The van der Waals surface area contributed by atoms with Gasteiger partial charge in [-0.2, -0.15) is 0 Å². The van der Waals surface area contributed by atoms with Crippen LogP contribution in [0.2, 0.25) is 0 Å². The molecule has 2 rings (SSSR count). The van der Waals surface area contributed by atoms with Gasteiger partial charge in [0, 0.05) is 18.4 Å². The van der Waals surface area contributed by atoms with Crippen molar-refractivity contribution in [1.29, 1.82) is 0 Å². The highest BCUT2D eigenvalue weighted by Gasteiger charge is 2.19. The highest BCUT2D eigenvalue weighted by Crippen LogP contribution is 2.27. The second-order valence-corrected chi connectivity index (χ2v) is 4.84. The maximum atomic E-state index is 4.18. The summed E-state index contributed by atoms with van der Waals surface area (Å²) >= 11 is 0. The summed E-state index contributed by atoms with van der Waals surface area (Å²) in [5, 5.41) is 0. The summed E-state index contributed by atoms with van der Waals surface area (Å²) in [6.45, 7) is 4.55. The maximum Gasteiger partial charge on any atom is 0.0948 e. The van der Waals surface area contributed by atoms with E-state index >= 15 is 0 Å². The molecule has 2 nitrogen and oxygen atoms in total. The molecule has 2 unspecified atom stereocenters. The van der Waals surface area contributed by atoms with Crippen molar-refractivity contribution in [1.82, 2.24) is 9.55 Å². The second-order valence-electron chi connectivity index (χ2n) is 4.84. The quantitative estimate of drug-likeness (QED) is 0.745. The van der Waals surface area contributed by atoms with E-state index in [1.165, 1.54) is 12.0 Å². The van der Waals surface area contributed by atoms with Crippen molar-refractivity contribution in [3.8, 4) is 0 Å². The molecule has 18 heavy (non-hydrogen) atoms. The van der Waals surface area contributed by atoms with Crippen LogP contribution < -0.4 is 0 Å². The van der Waals surface area contributed by atoms with Crippen molar-refractivity contribution in [3.05, 3.63) is 54.6 Å². The van der Waals surface area contributed by atoms with Gasteiger partial charge in [0.15, 0.2) is 0 Å². The molecule has 96 valence electrons. The molecular weight excluding hydrogens is 220 g/mol. The molecule has 2 atom stereocenters. The number of hydrogen-bond acceptors (Lipinski definition) is 1. The molecule has 0 aliphatic heterocycles. The highest BCUT2D eigenvalue weighted by molar-refractivity contribution is 5.15. The Balaban J connectivity index is 2.12. The van der Waals surface area contributed by atoms with Crippen LogP contribution in [0.25, 0.3) is 0 Å². The Morgan fingerprint density at radius 3 is 2.44 bits per heavy atom. The fourth-order valence-corrected chi connectivity index (χ4v) is 2.72. The fraction of sp³-hybridized carbons (Fsp3) is 0.438. The third kappa shape index (κ3) is 3.00. The molecule has 0 fully saturated rings. The molecule has 2 heteroatoms. The lowest BCUT2D eigenvalue weighted by molar-refractivity contribution is 0.308. The van der Waals surface area contributed by atoms with Gasteiger partial charge in [0.1, 0.15) is 0 Å². The number of nitrogens with zero attached hydrogens (tertiary/aromatic N) is 2. The number of aromatic nitrogens is 2. The van der Waals surface area contributed by atoms with Crippen LogP contribution in [-0.2, 0) is 6.42 Å². The average Bonchev–Trinajstić information content (AvgIpc) is 2.93. The smallest absolute Gasteiger partial charge is 0.0948 e. The molecule has 1 heterocycles. The Labute approximate surface area is 110 Å². The molecule has 0 bridgehead atoms. The molecule has 0 spiro atoms. The summed E-state index contributed by atoms with van der Waals surface area (Å²) < 4.78 is 2.26. The van der Waals surface area contributed by atoms with E-state index in [9.17, 15) is 0 Å². The first kappa shape index (κ1) is 12.9. The Kier molecular flexibility index (Phi) is 4.57. The fourth-order valence-electron chi connectivity index (χ4n) is 2.72. The minimum Gasteiger partial charge on any atom is -0.334 e. The van der Waals surface area contributed by atoms with Crippen LogP contribution in [0, 0.1) is 5.92 Å². The van der Waals surface area contributed by atoms with E-state index in [1.54, 1.807) is 0 Å². The topological polar surface area (TPSA) is 17.8 Å². The van der Waals surface area contributed by atoms with Gasteiger partial charge in [0.05, 0.1) is 6.33 Å². The van der Waals surface area contributed by atoms with Crippen LogP contribution in [0.3, 0.4) is 0 Å². The number of imidazole rings is 1. The largest absolute Gasteiger partial charge is 0.334 e. The Morgan fingerprint density at radius 1 is 1.11 bits per heavy atom. The molecule has 0 saturated heterocycles.